The van der Waals surface area contributed by atoms with Gasteiger partial charge in [-0.3, -0.25) is 4.79 Å². The van der Waals surface area contributed by atoms with E-state index in [0.717, 1.165) is 15.8 Å². The minimum Gasteiger partial charge on any atom is -0.496 e. The van der Waals surface area contributed by atoms with Crippen LogP contribution in [0, 0.1) is 0 Å². The lowest BCUT2D eigenvalue weighted by molar-refractivity contribution is -0.137. The van der Waals surface area contributed by atoms with Crippen molar-refractivity contribution in [2.45, 2.75) is 19.3 Å². The van der Waals surface area contributed by atoms with Crippen molar-refractivity contribution in [2.24, 2.45) is 0 Å². The molecular formula is C13H13BrN2O4. The summed E-state index contributed by atoms with van der Waals surface area (Å²) in [5.41, 5.74) is 0.773. The van der Waals surface area contributed by atoms with E-state index in [1.807, 2.05) is 12.1 Å². The van der Waals surface area contributed by atoms with Gasteiger partial charge in [-0.05, 0) is 40.5 Å². The molecule has 0 saturated heterocycles. The molecule has 0 bridgehead atoms. The Hall–Kier alpha value is -1.89. The Morgan fingerprint density at radius 2 is 2.25 bits per heavy atom. The summed E-state index contributed by atoms with van der Waals surface area (Å²) >= 11 is 3.39. The third-order valence-electron chi connectivity index (χ3n) is 2.65. The zero-order valence-electron chi connectivity index (χ0n) is 10.8. The monoisotopic (exact) mass is 340 g/mol. The molecule has 0 radical (unpaired) electrons. The first-order valence-corrected chi connectivity index (χ1v) is 6.77. The van der Waals surface area contributed by atoms with Crippen molar-refractivity contribution in [3.05, 3.63) is 28.6 Å². The standard InChI is InChI=1S/C13H13BrN2O4/c1-19-10-6-5-8(7-9(10)14)13-16-15-11(20-13)3-2-4-12(17)18/h5-7H,2-4H2,1H3,(H,17,18). The number of aromatic nitrogens is 2. The van der Waals surface area contributed by atoms with Crippen molar-refractivity contribution in [1.82, 2.24) is 10.2 Å². The summed E-state index contributed by atoms with van der Waals surface area (Å²) in [4.78, 5) is 10.4. The number of carbonyl (C=O) groups is 1. The summed E-state index contributed by atoms with van der Waals surface area (Å²) in [6, 6.07) is 5.44. The van der Waals surface area contributed by atoms with Gasteiger partial charge < -0.3 is 14.3 Å². The van der Waals surface area contributed by atoms with Gasteiger partial charge in [0.15, 0.2) is 0 Å². The average molecular weight is 341 g/mol. The number of ether oxygens (including phenoxy) is 1. The Labute approximate surface area is 123 Å². The highest BCUT2D eigenvalue weighted by Gasteiger charge is 2.11. The fourth-order valence-corrected chi connectivity index (χ4v) is 2.20. The van der Waals surface area contributed by atoms with Gasteiger partial charge in [-0.15, -0.1) is 10.2 Å². The lowest BCUT2D eigenvalue weighted by Crippen LogP contribution is -1.95. The molecule has 1 N–H and O–H groups in total. The van der Waals surface area contributed by atoms with E-state index in [9.17, 15) is 4.79 Å². The maximum atomic E-state index is 10.4. The number of carboxylic acid groups (broad SMARTS) is 1. The first-order valence-electron chi connectivity index (χ1n) is 5.98. The van der Waals surface area contributed by atoms with Crippen LogP contribution in [0.4, 0.5) is 0 Å². The van der Waals surface area contributed by atoms with Crippen LogP contribution < -0.4 is 4.74 Å². The molecular weight excluding hydrogens is 328 g/mol. The molecule has 0 amide bonds. The third-order valence-corrected chi connectivity index (χ3v) is 3.27. The normalized spacial score (nSPS) is 10.5. The van der Waals surface area contributed by atoms with Gasteiger partial charge in [0, 0.05) is 18.4 Å². The van der Waals surface area contributed by atoms with E-state index < -0.39 is 5.97 Å². The van der Waals surface area contributed by atoms with Crippen LogP contribution in [-0.2, 0) is 11.2 Å². The Morgan fingerprint density at radius 1 is 1.45 bits per heavy atom. The van der Waals surface area contributed by atoms with Gasteiger partial charge in [0.25, 0.3) is 0 Å². The Balaban J connectivity index is 2.08. The van der Waals surface area contributed by atoms with Crippen LogP contribution in [0.5, 0.6) is 5.75 Å². The molecule has 20 heavy (non-hydrogen) atoms. The number of carboxylic acids is 1. The van der Waals surface area contributed by atoms with Gasteiger partial charge in [-0.1, -0.05) is 0 Å². The number of hydrogen-bond donors (Lipinski definition) is 1. The van der Waals surface area contributed by atoms with Crippen LogP contribution in [0.3, 0.4) is 0 Å². The van der Waals surface area contributed by atoms with Gasteiger partial charge >= 0.3 is 5.97 Å². The second-order valence-electron chi connectivity index (χ2n) is 4.10. The molecule has 2 aromatic rings. The average Bonchev–Trinajstić information content (AvgIpc) is 2.87. The highest BCUT2D eigenvalue weighted by molar-refractivity contribution is 9.10. The van der Waals surface area contributed by atoms with Crippen LogP contribution in [0.2, 0.25) is 0 Å². The van der Waals surface area contributed by atoms with Crippen molar-refractivity contribution in [3.63, 3.8) is 0 Å². The van der Waals surface area contributed by atoms with Gasteiger partial charge in [-0.25, -0.2) is 0 Å². The predicted molar refractivity (Wildman–Crippen MR) is 74.6 cm³/mol. The second kappa shape index (κ2) is 6.51. The summed E-state index contributed by atoms with van der Waals surface area (Å²) < 4.78 is 11.4. The second-order valence-corrected chi connectivity index (χ2v) is 4.95. The molecule has 0 saturated carbocycles. The van der Waals surface area contributed by atoms with Crippen molar-refractivity contribution in [2.75, 3.05) is 7.11 Å². The van der Waals surface area contributed by atoms with E-state index in [1.54, 1.807) is 13.2 Å². The van der Waals surface area contributed by atoms with Crippen molar-refractivity contribution >= 4 is 21.9 Å². The predicted octanol–water partition coefficient (Wildman–Crippen LogP) is 2.92. The maximum Gasteiger partial charge on any atom is 0.303 e. The number of benzene rings is 1. The molecule has 0 aliphatic rings. The third kappa shape index (κ3) is 3.57. The fourth-order valence-electron chi connectivity index (χ4n) is 1.66. The highest BCUT2D eigenvalue weighted by atomic mass is 79.9. The fraction of sp³-hybridized carbons (Fsp3) is 0.308. The van der Waals surface area contributed by atoms with Crippen molar-refractivity contribution in [1.29, 1.82) is 0 Å². The molecule has 2 rings (SSSR count). The van der Waals surface area contributed by atoms with Gasteiger partial charge in [-0.2, -0.15) is 0 Å². The van der Waals surface area contributed by atoms with E-state index in [4.69, 9.17) is 14.3 Å². The highest BCUT2D eigenvalue weighted by Crippen LogP contribution is 2.29. The summed E-state index contributed by atoms with van der Waals surface area (Å²) in [7, 11) is 1.59. The number of rotatable bonds is 6. The SMILES string of the molecule is COc1ccc(-c2nnc(CCCC(=O)O)o2)cc1Br. The number of aliphatic carboxylic acids is 1. The van der Waals surface area contributed by atoms with Crippen LogP contribution in [0.15, 0.2) is 27.1 Å². The van der Waals surface area contributed by atoms with Crippen LogP contribution in [-0.4, -0.2) is 28.4 Å². The van der Waals surface area contributed by atoms with E-state index in [2.05, 4.69) is 26.1 Å². The topological polar surface area (TPSA) is 85.5 Å². The first-order chi connectivity index (χ1) is 9.60. The number of hydrogen-bond acceptors (Lipinski definition) is 5. The molecule has 106 valence electrons. The number of aryl methyl sites for hydroxylation is 1. The van der Waals surface area contributed by atoms with Gasteiger partial charge in [0.1, 0.15) is 5.75 Å². The first kappa shape index (κ1) is 14.5. The minimum absolute atomic E-state index is 0.0891. The molecule has 0 fully saturated rings. The quantitative estimate of drug-likeness (QED) is 0.870. The molecule has 6 nitrogen and oxygen atoms in total. The van der Waals surface area contributed by atoms with Gasteiger partial charge in [0.2, 0.25) is 11.8 Å². The molecule has 1 aromatic heterocycles. The lowest BCUT2D eigenvalue weighted by Gasteiger charge is -2.03. The van der Waals surface area contributed by atoms with E-state index in [0.29, 0.717) is 24.6 Å². The maximum absolute atomic E-state index is 10.4. The zero-order chi connectivity index (χ0) is 14.5. The molecule has 0 unspecified atom stereocenters. The molecule has 7 heteroatoms. The summed E-state index contributed by atoms with van der Waals surface area (Å²) in [6.45, 7) is 0. The molecule has 0 aliphatic carbocycles. The summed E-state index contributed by atoms with van der Waals surface area (Å²) in [5.74, 6) is 0.727. The number of nitrogens with zero attached hydrogens (tertiary/aromatic N) is 2. The Kier molecular flexibility index (Phi) is 4.73. The van der Waals surface area contributed by atoms with E-state index in [1.165, 1.54) is 0 Å². The van der Waals surface area contributed by atoms with Crippen molar-refractivity contribution < 1.29 is 19.1 Å². The molecule has 0 aliphatic heterocycles. The summed E-state index contributed by atoms with van der Waals surface area (Å²) in [6.07, 6.45) is 1.02. The number of methoxy groups -OCH3 is 1. The minimum atomic E-state index is -0.830. The molecule has 0 spiro atoms. The zero-order valence-corrected chi connectivity index (χ0v) is 12.4. The van der Waals surface area contributed by atoms with E-state index >= 15 is 0 Å². The summed E-state index contributed by atoms with van der Waals surface area (Å²) in [5, 5.41) is 16.4. The smallest absolute Gasteiger partial charge is 0.303 e. The number of halogens is 1. The Morgan fingerprint density at radius 3 is 2.90 bits per heavy atom. The lowest BCUT2D eigenvalue weighted by atomic mass is 10.2. The van der Waals surface area contributed by atoms with Crippen LogP contribution in [0.25, 0.3) is 11.5 Å². The molecule has 1 aromatic carbocycles. The van der Waals surface area contributed by atoms with Gasteiger partial charge in [0.05, 0.1) is 11.6 Å². The largest absolute Gasteiger partial charge is 0.496 e. The molecule has 1 heterocycles. The van der Waals surface area contributed by atoms with E-state index in [-0.39, 0.29) is 6.42 Å². The molecule has 0 atom stereocenters. The Bertz CT molecular complexity index is 612. The van der Waals surface area contributed by atoms with Crippen LogP contribution in [0.1, 0.15) is 18.7 Å². The van der Waals surface area contributed by atoms with Crippen molar-refractivity contribution in [3.8, 4) is 17.2 Å². The van der Waals surface area contributed by atoms with Crippen LogP contribution >= 0.6 is 15.9 Å².